The van der Waals surface area contributed by atoms with Crippen molar-refractivity contribution in [3.05, 3.63) is 11.8 Å². The molecule has 1 N–H and O–H groups in total. The van der Waals surface area contributed by atoms with Crippen molar-refractivity contribution in [2.75, 3.05) is 23.8 Å². The highest BCUT2D eigenvalue weighted by atomic mass is 19.4. The Hall–Kier alpha value is -1.53. The number of nitrogens with one attached hydrogen (secondary N) is 1. The summed E-state index contributed by atoms with van der Waals surface area (Å²) in [6.07, 6.45) is -4.26. The highest BCUT2D eigenvalue weighted by Gasteiger charge is 2.32. The highest BCUT2D eigenvalue weighted by Crippen LogP contribution is 2.23. The largest absolute Gasteiger partial charge is 0.405 e. The number of hydrogen-bond donors (Lipinski definition) is 1. The molecular weight excluding hydrogens is 245 g/mol. The van der Waals surface area contributed by atoms with Gasteiger partial charge in [-0.15, -0.1) is 0 Å². The van der Waals surface area contributed by atoms with Gasteiger partial charge in [0.2, 0.25) is 5.95 Å². The third-order valence-corrected chi connectivity index (χ3v) is 2.33. The van der Waals surface area contributed by atoms with Gasteiger partial charge in [0, 0.05) is 24.8 Å². The number of nitrogens with zero attached hydrogens (tertiary/aromatic N) is 3. The summed E-state index contributed by atoms with van der Waals surface area (Å²) in [6, 6.07) is 1.25. The zero-order chi connectivity index (χ0) is 13.9. The Labute approximate surface area is 104 Å². The fourth-order valence-corrected chi connectivity index (χ4v) is 1.53. The van der Waals surface area contributed by atoms with Crippen molar-refractivity contribution in [3.63, 3.8) is 0 Å². The van der Waals surface area contributed by atoms with E-state index in [9.17, 15) is 13.2 Å². The molecule has 1 aromatic heterocycles. The van der Waals surface area contributed by atoms with Crippen molar-refractivity contribution < 1.29 is 13.2 Å². The Morgan fingerprint density at radius 1 is 1.33 bits per heavy atom. The fraction of sp³-hybridized carbons (Fsp3) is 0.636. The monoisotopic (exact) mass is 262 g/mol. The van der Waals surface area contributed by atoms with Crippen LogP contribution in [-0.4, -0.2) is 35.8 Å². The molecule has 1 rings (SSSR count). The van der Waals surface area contributed by atoms with Gasteiger partial charge in [-0.3, -0.25) is 0 Å². The zero-order valence-corrected chi connectivity index (χ0v) is 10.8. The van der Waals surface area contributed by atoms with E-state index < -0.39 is 12.7 Å². The van der Waals surface area contributed by atoms with Gasteiger partial charge in [-0.1, -0.05) is 0 Å². The van der Waals surface area contributed by atoms with Crippen LogP contribution in [0.1, 0.15) is 19.5 Å². The smallest absolute Gasteiger partial charge is 0.357 e. The van der Waals surface area contributed by atoms with E-state index in [1.165, 1.54) is 4.90 Å². The second-order valence-electron chi connectivity index (χ2n) is 4.28. The Balaban J connectivity index is 3.09. The Bertz CT molecular complexity index is 404. The van der Waals surface area contributed by atoms with Gasteiger partial charge in [-0.25, -0.2) is 4.98 Å². The number of alkyl halides is 3. The predicted molar refractivity (Wildman–Crippen MR) is 64.9 cm³/mol. The van der Waals surface area contributed by atoms with E-state index in [4.69, 9.17) is 0 Å². The molecule has 0 spiro atoms. The zero-order valence-electron chi connectivity index (χ0n) is 10.8. The van der Waals surface area contributed by atoms with Crippen LogP contribution < -0.4 is 10.2 Å². The first-order valence-corrected chi connectivity index (χ1v) is 5.60. The lowest BCUT2D eigenvalue weighted by atomic mass is 10.3. The summed E-state index contributed by atoms with van der Waals surface area (Å²) >= 11 is 0. The maximum absolute atomic E-state index is 12.5. The highest BCUT2D eigenvalue weighted by molar-refractivity contribution is 5.45. The third-order valence-electron chi connectivity index (χ3n) is 2.33. The molecule has 0 bridgehead atoms. The minimum absolute atomic E-state index is 0.277. The molecule has 0 atom stereocenters. The Morgan fingerprint density at radius 2 is 1.94 bits per heavy atom. The molecule has 1 heterocycles. The summed E-state index contributed by atoms with van der Waals surface area (Å²) in [5.41, 5.74) is 0.622. The lowest BCUT2D eigenvalue weighted by Crippen LogP contribution is -2.39. The minimum atomic E-state index is -4.26. The summed E-state index contributed by atoms with van der Waals surface area (Å²) in [5.74, 6) is 0.594. The molecular formula is C11H17F3N4. The molecule has 0 amide bonds. The molecule has 0 aromatic carbocycles. The van der Waals surface area contributed by atoms with Crippen molar-refractivity contribution in [2.24, 2.45) is 0 Å². The van der Waals surface area contributed by atoms with Gasteiger partial charge in [0.25, 0.3) is 0 Å². The van der Waals surface area contributed by atoms with Gasteiger partial charge in [0.1, 0.15) is 12.4 Å². The van der Waals surface area contributed by atoms with Crippen LogP contribution in [0.5, 0.6) is 0 Å². The predicted octanol–water partition coefficient (Wildman–Crippen LogP) is 2.60. The second kappa shape index (κ2) is 5.41. The molecule has 0 aliphatic heterocycles. The van der Waals surface area contributed by atoms with Gasteiger partial charge < -0.3 is 10.2 Å². The topological polar surface area (TPSA) is 41.1 Å². The van der Waals surface area contributed by atoms with Crippen LogP contribution in [0.15, 0.2) is 6.07 Å². The van der Waals surface area contributed by atoms with Crippen LogP contribution in [0.25, 0.3) is 0 Å². The summed E-state index contributed by atoms with van der Waals surface area (Å²) < 4.78 is 37.6. The minimum Gasteiger partial charge on any atom is -0.357 e. The molecule has 0 aliphatic rings. The second-order valence-corrected chi connectivity index (χ2v) is 4.28. The average molecular weight is 262 g/mol. The molecule has 0 radical (unpaired) electrons. The van der Waals surface area contributed by atoms with E-state index in [1.807, 2.05) is 0 Å². The van der Waals surface area contributed by atoms with E-state index in [0.717, 1.165) is 0 Å². The van der Waals surface area contributed by atoms with Crippen molar-refractivity contribution in [3.8, 4) is 0 Å². The van der Waals surface area contributed by atoms with Crippen LogP contribution in [0, 0.1) is 6.92 Å². The van der Waals surface area contributed by atoms with Crippen molar-refractivity contribution in [1.82, 2.24) is 9.97 Å². The first kappa shape index (κ1) is 14.5. The number of aryl methyl sites for hydroxylation is 1. The number of hydrogen-bond acceptors (Lipinski definition) is 4. The van der Waals surface area contributed by atoms with Crippen LogP contribution >= 0.6 is 0 Å². The molecule has 0 saturated carbocycles. The molecule has 1 aromatic rings. The lowest BCUT2D eigenvalue weighted by molar-refractivity contribution is -0.120. The molecule has 4 nitrogen and oxygen atoms in total. The van der Waals surface area contributed by atoms with Crippen molar-refractivity contribution in [2.45, 2.75) is 33.0 Å². The van der Waals surface area contributed by atoms with Gasteiger partial charge in [-0.05, 0) is 20.8 Å². The Kier molecular flexibility index (Phi) is 4.37. The van der Waals surface area contributed by atoms with E-state index in [1.54, 1.807) is 33.9 Å². The normalized spacial score (nSPS) is 11.8. The van der Waals surface area contributed by atoms with Crippen LogP contribution in [0.2, 0.25) is 0 Å². The summed E-state index contributed by atoms with van der Waals surface area (Å²) in [5, 5.41) is 2.73. The van der Waals surface area contributed by atoms with Gasteiger partial charge >= 0.3 is 6.18 Å². The average Bonchev–Trinajstić information content (AvgIpc) is 2.23. The maximum Gasteiger partial charge on any atom is 0.405 e. The van der Waals surface area contributed by atoms with E-state index >= 15 is 0 Å². The first-order valence-electron chi connectivity index (χ1n) is 5.60. The SMILES string of the molecule is CNc1nc(C)cc(N(CC(F)(F)F)C(C)C)n1. The number of anilines is 2. The maximum atomic E-state index is 12.5. The standard InChI is InChI=1S/C11H17F3N4/c1-7(2)18(6-11(12,13)14)9-5-8(3)16-10(15-4)17-9/h5,7H,6H2,1-4H3,(H,15,16,17). The summed E-state index contributed by atoms with van der Waals surface area (Å²) in [6.45, 7) is 4.09. The summed E-state index contributed by atoms with van der Waals surface area (Å²) in [7, 11) is 1.63. The number of halogens is 3. The van der Waals surface area contributed by atoms with Gasteiger partial charge in [0.05, 0.1) is 0 Å². The van der Waals surface area contributed by atoms with Crippen LogP contribution in [0.4, 0.5) is 24.9 Å². The number of rotatable bonds is 4. The molecule has 0 aliphatic carbocycles. The molecule has 0 saturated heterocycles. The Morgan fingerprint density at radius 3 is 2.39 bits per heavy atom. The molecule has 0 fully saturated rings. The van der Waals surface area contributed by atoms with Gasteiger partial charge in [0.15, 0.2) is 0 Å². The molecule has 0 unspecified atom stereocenters. The van der Waals surface area contributed by atoms with E-state index in [0.29, 0.717) is 11.6 Å². The number of aromatic nitrogens is 2. The van der Waals surface area contributed by atoms with Crippen LogP contribution in [-0.2, 0) is 0 Å². The summed E-state index contributed by atoms with van der Waals surface area (Å²) in [4.78, 5) is 9.33. The van der Waals surface area contributed by atoms with E-state index in [2.05, 4.69) is 15.3 Å². The lowest BCUT2D eigenvalue weighted by Gasteiger charge is -2.29. The third kappa shape index (κ3) is 4.05. The molecule has 18 heavy (non-hydrogen) atoms. The van der Waals surface area contributed by atoms with Crippen molar-refractivity contribution in [1.29, 1.82) is 0 Å². The van der Waals surface area contributed by atoms with Crippen LogP contribution in [0.3, 0.4) is 0 Å². The van der Waals surface area contributed by atoms with Crippen molar-refractivity contribution >= 4 is 11.8 Å². The molecule has 7 heteroatoms. The van der Waals surface area contributed by atoms with E-state index in [-0.39, 0.29) is 11.9 Å². The first-order chi connectivity index (χ1) is 8.23. The molecule has 102 valence electrons. The van der Waals surface area contributed by atoms with Gasteiger partial charge in [-0.2, -0.15) is 18.2 Å². The fourth-order valence-electron chi connectivity index (χ4n) is 1.53. The quantitative estimate of drug-likeness (QED) is 0.905.